The molecule has 10 nitrogen and oxygen atoms in total. The molecule has 11 heteroatoms. The summed E-state index contributed by atoms with van der Waals surface area (Å²) in [5.74, 6) is -2.41. The molecule has 0 aliphatic heterocycles. The Kier molecular flexibility index (Phi) is 7.50. The summed E-state index contributed by atoms with van der Waals surface area (Å²) in [6.07, 6.45) is 7.38. The molecule has 1 aromatic carbocycles. The summed E-state index contributed by atoms with van der Waals surface area (Å²) in [6.45, 7) is 3.99. The van der Waals surface area contributed by atoms with Gasteiger partial charge in [-0.05, 0) is 12.1 Å². The molecule has 0 bridgehead atoms. The van der Waals surface area contributed by atoms with Crippen LogP contribution in [0.25, 0.3) is 0 Å². The van der Waals surface area contributed by atoms with Crippen LogP contribution in [0.3, 0.4) is 0 Å². The third kappa shape index (κ3) is 7.15. The number of hydrogen-bond donors (Lipinski definition) is 3. The van der Waals surface area contributed by atoms with E-state index in [-0.39, 0.29) is 0 Å². The molecule has 0 unspecified atom stereocenters. The quantitative estimate of drug-likeness (QED) is 0.509. The zero-order valence-corrected chi connectivity index (χ0v) is 14.8. The molecule has 0 spiro atoms. The van der Waals surface area contributed by atoms with Gasteiger partial charge in [0.1, 0.15) is 33.9 Å². The van der Waals surface area contributed by atoms with Crippen molar-refractivity contribution in [2.24, 2.45) is 0 Å². The van der Waals surface area contributed by atoms with E-state index in [1.165, 1.54) is 0 Å². The number of benzene rings is 1. The standard InChI is InChI=1S/C7H6O6S.2C4H6N2/c8-6-2-1-4(14(11,12)13)3-5(6)7(9)10;2*1-4-2-5-3-6-4/h1-3,8H,(H,9,10)(H,11,12,13);2*2-3H,1H3,(H,5,6). The van der Waals surface area contributed by atoms with Gasteiger partial charge in [-0.25, -0.2) is 23.2 Å². The van der Waals surface area contributed by atoms with Crippen molar-refractivity contribution < 1.29 is 37.9 Å². The lowest BCUT2D eigenvalue weighted by Crippen LogP contribution is -2.07. The minimum atomic E-state index is -4.73. The number of aromatic nitrogens is 4. The van der Waals surface area contributed by atoms with Crippen molar-refractivity contribution in [1.29, 1.82) is 0 Å². The fraction of sp³-hybridized carbons (Fsp3) is 0.133. The van der Waals surface area contributed by atoms with E-state index in [9.17, 15) is 22.9 Å². The molecule has 0 saturated carbocycles. The van der Waals surface area contributed by atoms with Gasteiger partial charge in [-0.3, -0.25) is 9.97 Å². The molecule has 0 aliphatic rings. The first-order valence-corrected chi connectivity index (χ1v) is 8.54. The number of aryl methyl sites for hydroxylation is 2. The van der Waals surface area contributed by atoms with Crippen molar-refractivity contribution in [2.45, 2.75) is 18.7 Å². The Morgan fingerprint density at radius 1 is 1.08 bits per heavy atom. The first kappa shape index (κ1) is 20.9. The highest BCUT2D eigenvalue weighted by molar-refractivity contribution is 7.85. The van der Waals surface area contributed by atoms with Crippen LogP contribution in [0.4, 0.5) is 0 Å². The molecule has 0 saturated heterocycles. The van der Waals surface area contributed by atoms with Crippen LogP contribution < -0.4 is 15.1 Å². The summed E-state index contributed by atoms with van der Waals surface area (Å²) in [7, 11) is -4.73. The van der Waals surface area contributed by atoms with E-state index in [0.717, 1.165) is 23.5 Å². The van der Waals surface area contributed by atoms with Crippen molar-refractivity contribution >= 4 is 16.1 Å². The van der Waals surface area contributed by atoms with Crippen LogP contribution in [0.5, 0.6) is 5.75 Å². The van der Waals surface area contributed by atoms with E-state index in [2.05, 4.69) is 19.9 Å². The van der Waals surface area contributed by atoms with Crippen LogP contribution >= 0.6 is 0 Å². The Balaban J connectivity index is 0.000000230. The highest BCUT2D eigenvalue weighted by atomic mass is 32.2. The summed E-state index contributed by atoms with van der Waals surface area (Å²) in [5.41, 5.74) is 1.59. The van der Waals surface area contributed by atoms with Crippen LogP contribution in [0.2, 0.25) is 0 Å². The van der Waals surface area contributed by atoms with Crippen molar-refractivity contribution in [2.75, 3.05) is 0 Å². The maximum atomic E-state index is 10.9. The van der Waals surface area contributed by atoms with Gasteiger partial charge in [0.15, 0.2) is 0 Å². The number of carbonyl (C=O) groups is 1. The molecule has 3 aromatic rings. The number of imidazole rings is 2. The summed E-state index contributed by atoms with van der Waals surface area (Å²) >= 11 is 0. The van der Waals surface area contributed by atoms with Gasteiger partial charge < -0.3 is 14.8 Å². The van der Waals surface area contributed by atoms with Crippen LogP contribution in [-0.2, 0) is 10.1 Å². The van der Waals surface area contributed by atoms with Crippen molar-refractivity contribution in [3.05, 3.63) is 60.2 Å². The predicted molar refractivity (Wildman–Crippen MR) is 85.0 cm³/mol. The maximum absolute atomic E-state index is 10.9. The number of carboxylic acids is 1. The number of rotatable bonds is 2. The fourth-order valence-electron chi connectivity index (χ4n) is 1.56. The SMILES string of the molecule is Cc1c[nH+]c[nH]1.Cc1c[nH+]c[nH]1.O=C(O)c1cc(S(=O)(=O)[O-])ccc1[O-]. The molecule has 2 heterocycles. The molecule has 140 valence electrons. The lowest BCUT2D eigenvalue weighted by Gasteiger charge is -2.13. The third-order valence-electron chi connectivity index (χ3n) is 2.84. The van der Waals surface area contributed by atoms with Crippen LogP contribution in [0, 0.1) is 13.8 Å². The maximum Gasteiger partial charge on any atom is 0.335 e. The highest BCUT2D eigenvalue weighted by Gasteiger charge is 2.08. The topological polar surface area (TPSA) is 177 Å². The first-order chi connectivity index (χ1) is 12.1. The van der Waals surface area contributed by atoms with E-state index >= 15 is 0 Å². The number of H-pyrrole nitrogens is 4. The van der Waals surface area contributed by atoms with E-state index < -0.39 is 32.3 Å². The Morgan fingerprint density at radius 2 is 1.58 bits per heavy atom. The van der Waals surface area contributed by atoms with Crippen LogP contribution in [0.1, 0.15) is 21.7 Å². The largest absolute Gasteiger partial charge is 0.872 e. The summed E-state index contributed by atoms with van der Waals surface area (Å²) < 4.78 is 31.4. The highest BCUT2D eigenvalue weighted by Crippen LogP contribution is 2.18. The Morgan fingerprint density at radius 3 is 1.85 bits per heavy atom. The van der Waals surface area contributed by atoms with Crippen molar-refractivity contribution in [1.82, 2.24) is 9.97 Å². The fourth-order valence-corrected chi connectivity index (χ4v) is 2.06. The Bertz CT molecular complexity index is 889. The number of aromatic carboxylic acids is 1. The number of nitrogens with one attached hydrogen (secondary N) is 4. The second kappa shape index (κ2) is 9.34. The minimum Gasteiger partial charge on any atom is -0.872 e. The van der Waals surface area contributed by atoms with Gasteiger partial charge in [0, 0.05) is 13.8 Å². The number of carboxylic acid groups (broad SMARTS) is 1. The Hall–Kier alpha value is -3.18. The first-order valence-electron chi connectivity index (χ1n) is 7.13. The lowest BCUT2D eigenvalue weighted by atomic mass is 10.2. The molecule has 0 amide bonds. The molecule has 3 rings (SSSR count). The van der Waals surface area contributed by atoms with Gasteiger partial charge >= 0.3 is 5.97 Å². The van der Waals surface area contributed by atoms with Crippen molar-refractivity contribution in [3.8, 4) is 5.75 Å². The van der Waals surface area contributed by atoms with Crippen LogP contribution in [0.15, 0.2) is 48.1 Å². The van der Waals surface area contributed by atoms with Gasteiger partial charge in [-0.1, -0.05) is 11.8 Å². The molecule has 0 radical (unpaired) electrons. The number of aromatic amines is 4. The summed E-state index contributed by atoms with van der Waals surface area (Å²) in [6, 6.07) is 2.05. The van der Waals surface area contributed by atoms with Crippen LogP contribution in [-0.4, -0.2) is 34.0 Å². The zero-order valence-electron chi connectivity index (χ0n) is 13.9. The van der Waals surface area contributed by atoms with Gasteiger partial charge in [-0.15, -0.1) is 0 Å². The van der Waals surface area contributed by atoms with E-state index in [1.54, 1.807) is 12.7 Å². The van der Waals surface area contributed by atoms with E-state index in [4.69, 9.17) is 5.11 Å². The molecule has 0 atom stereocenters. The normalized spacial score (nSPS) is 10.1. The zero-order chi connectivity index (χ0) is 19.7. The third-order valence-corrected chi connectivity index (χ3v) is 3.67. The lowest BCUT2D eigenvalue weighted by molar-refractivity contribution is -0.376. The van der Waals surface area contributed by atoms with E-state index in [0.29, 0.717) is 6.07 Å². The Labute approximate surface area is 149 Å². The van der Waals surface area contributed by atoms with Crippen molar-refractivity contribution in [3.63, 3.8) is 0 Å². The van der Waals surface area contributed by atoms with E-state index in [1.807, 2.05) is 26.2 Å². The second-order valence-corrected chi connectivity index (χ2v) is 6.36. The molecular weight excluding hydrogens is 364 g/mol. The average Bonchev–Trinajstić information content (AvgIpc) is 3.21. The average molecular weight is 382 g/mol. The molecule has 0 fully saturated rings. The molecule has 0 aliphatic carbocycles. The smallest absolute Gasteiger partial charge is 0.335 e. The summed E-state index contributed by atoms with van der Waals surface area (Å²) in [5, 5.41) is 19.3. The van der Waals surface area contributed by atoms with Gasteiger partial charge in [0.05, 0.1) is 10.5 Å². The predicted octanol–water partition coefficient (Wildman–Crippen LogP) is -0.363. The minimum absolute atomic E-state index is 0.549. The molecule has 26 heavy (non-hydrogen) atoms. The molecule has 2 aromatic heterocycles. The summed E-state index contributed by atoms with van der Waals surface area (Å²) in [4.78, 5) is 21.3. The number of hydrogen-bond acceptors (Lipinski definition) is 5. The monoisotopic (exact) mass is 382 g/mol. The van der Waals surface area contributed by atoms with Gasteiger partial charge in [0.2, 0.25) is 12.7 Å². The second-order valence-electron chi connectivity index (χ2n) is 4.98. The van der Waals surface area contributed by atoms with Gasteiger partial charge in [0.25, 0.3) is 0 Å². The molecule has 5 N–H and O–H groups in total. The molecular formula is C15H18N4O6S. The van der Waals surface area contributed by atoms with Gasteiger partial charge in [-0.2, -0.15) is 0 Å².